The van der Waals surface area contributed by atoms with Gasteiger partial charge in [-0.25, -0.2) is 12.4 Å². The minimum absolute atomic E-state index is 0.0317. The number of nitrogens with zero attached hydrogens (tertiary/aromatic N) is 3. The molecule has 0 spiro atoms. The Morgan fingerprint density at radius 3 is 2.67 bits per heavy atom. The van der Waals surface area contributed by atoms with Gasteiger partial charge in [-0.1, -0.05) is 11.6 Å². The lowest BCUT2D eigenvalue weighted by Gasteiger charge is -2.09. The van der Waals surface area contributed by atoms with E-state index < -0.39 is 15.9 Å². The molecule has 1 N–H and O–H groups in total. The largest absolute Gasteiger partial charge is 0.497 e. The molecule has 3 rings (SSSR count). The van der Waals surface area contributed by atoms with Gasteiger partial charge < -0.3 is 10.1 Å². The van der Waals surface area contributed by atoms with Crippen molar-refractivity contribution in [1.29, 1.82) is 0 Å². The van der Waals surface area contributed by atoms with Gasteiger partial charge in [0.05, 0.1) is 29.9 Å². The highest BCUT2D eigenvalue weighted by atomic mass is 35.5. The zero-order valence-electron chi connectivity index (χ0n) is 14.6. The molecule has 0 aliphatic carbocycles. The van der Waals surface area contributed by atoms with Crippen LogP contribution < -0.4 is 10.1 Å². The maximum atomic E-state index is 12.8. The number of carbonyl (C=O) groups is 1. The molecule has 0 saturated heterocycles. The maximum absolute atomic E-state index is 12.8. The van der Waals surface area contributed by atoms with Gasteiger partial charge in [0.1, 0.15) is 10.6 Å². The molecule has 0 saturated carbocycles. The Hall–Kier alpha value is -2.78. The fourth-order valence-corrected chi connectivity index (χ4v) is 4.13. The third-order valence-electron chi connectivity index (χ3n) is 3.82. The van der Waals surface area contributed by atoms with Gasteiger partial charge in [-0.2, -0.15) is 5.10 Å². The Morgan fingerprint density at radius 2 is 2.04 bits per heavy atom. The zero-order valence-corrected chi connectivity index (χ0v) is 16.2. The standard InChI is InChI=1S/C17H17ClN4O4S/c1-21-7-6-13(20-21)10-19-17(23)12-5-8-22(11-12)27(24,25)16-4-3-14(26-2)9-15(16)18/h3-9,11H,10H2,1-2H3,(H,19,23). The van der Waals surface area contributed by atoms with Crippen molar-refractivity contribution in [3.8, 4) is 5.75 Å². The van der Waals surface area contributed by atoms with Crippen LogP contribution in [-0.2, 0) is 23.6 Å². The lowest BCUT2D eigenvalue weighted by Crippen LogP contribution is -2.23. The highest BCUT2D eigenvalue weighted by Crippen LogP contribution is 2.28. The monoisotopic (exact) mass is 408 g/mol. The van der Waals surface area contributed by atoms with Crippen molar-refractivity contribution in [2.75, 3.05) is 7.11 Å². The van der Waals surface area contributed by atoms with Crippen LogP contribution in [-0.4, -0.2) is 35.2 Å². The summed E-state index contributed by atoms with van der Waals surface area (Å²) in [4.78, 5) is 12.2. The summed E-state index contributed by atoms with van der Waals surface area (Å²) >= 11 is 6.07. The van der Waals surface area contributed by atoms with Gasteiger partial charge in [0.15, 0.2) is 0 Å². The molecule has 0 aliphatic heterocycles. The molecule has 0 unspecified atom stereocenters. The van der Waals surface area contributed by atoms with E-state index in [1.807, 2.05) is 0 Å². The maximum Gasteiger partial charge on any atom is 0.269 e. The molecule has 27 heavy (non-hydrogen) atoms. The van der Waals surface area contributed by atoms with Crippen LogP contribution in [0.5, 0.6) is 5.75 Å². The van der Waals surface area contributed by atoms with E-state index in [1.165, 1.54) is 43.8 Å². The second-order valence-corrected chi connectivity index (χ2v) is 7.91. The van der Waals surface area contributed by atoms with E-state index in [9.17, 15) is 13.2 Å². The van der Waals surface area contributed by atoms with Gasteiger partial charge in [-0.05, 0) is 24.3 Å². The Kier molecular flexibility index (Phi) is 5.24. The Balaban J connectivity index is 1.78. The number of rotatable bonds is 6. The molecule has 0 bridgehead atoms. The number of halogens is 1. The van der Waals surface area contributed by atoms with E-state index >= 15 is 0 Å². The summed E-state index contributed by atoms with van der Waals surface area (Å²) in [6.45, 7) is 0.238. The van der Waals surface area contributed by atoms with Crippen LogP contribution in [0.2, 0.25) is 5.02 Å². The van der Waals surface area contributed by atoms with Gasteiger partial charge in [-0.15, -0.1) is 0 Å². The van der Waals surface area contributed by atoms with E-state index in [1.54, 1.807) is 24.0 Å². The van der Waals surface area contributed by atoms with E-state index in [0.717, 1.165) is 3.97 Å². The van der Waals surface area contributed by atoms with Crippen LogP contribution in [0.25, 0.3) is 0 Å². The van der Waals surface area contributed by atoms with Gasteiger partial charge in [0.2, 0.25) is 0 Å². The average molecular weight is 409 g/mol. The number of methoxy groups -OCH3 is 1. The fourth-order valence-electron chi connectivity index (χ4n) is 2.42. The molecular formula is C17H17ClN4O4S. The summed E-state index contributed by atoms with van der Waals surface area (Å²) in [6, 6.07) is 7.47. The van der Waals surface area contributed by atoms with Crippen molar-refractivity contribution in [2.24, 2.45) is 7.05 Å². The lowest BCUT2D eigenvalue weighted by molar-refractivity contribution is 0.0950. The van der Waals surface area contributed by atoms with Crippen LogP contribution in [0.3, 0.4) is 0 Å². The molecule has 10 heteroatoms. The summed E-state index contributed by atoms with van der Waals surface area (Å²) in [7, 11) is -0.699. The minimum atomic E-state index is -3.94. The molecule has 142 valence electrons. The fraction of sp³-hybridized carbons (Fsp3) is 0.176. The molecule has 8 nitrogen and oxygen atoms in total. The minimum Gasteiger partial charge on any atom is -0.497 e. The first-order valence-electron chi connectivity index (χ1n) is 7.85. The van der Waals surface area contributed by atoms with Crippen LogP contribution in [0.1, 0.15) is 16.1 Å². The second-order valence-electron chi connectivity index (χ2n) is 5.69. The van der Waals surface area contributed by atoms with Crippen molar-refractivity contribution in [1.82, 2.24) is 19.1 Å². The van der Waals surface area contributed by atoms with E-state index in [-0.39, 0.29) is 22.0 Å². The van der Waals surface area contributed by atoms with Crippen LogP contribution >= 0.6 is 11.6 Å². The molecule has 0 aliphatic rings. The Labute approximate surface area is 161 Å². The summed E-state index contributed by atoms with van der Waals surface area (Å²) in [6.07, 6.45) is 4.30. The van der Waals surface area contributed by atoms with Crippen molar-refractivity contribution in [2.45, 2.75) is 11.4 Å². The highest BCUT2D eigenvalue weighted by Gasteiger charge is 2.22. The normalized spacial score (nSPS) is 11.4. The molecule has 0 fully saturated rings. The van der Waals surface area contributed by atoms with E-state index in [4.69, 9.17) is 16.3 Å². The van der Waals surface area contributed by atoms with Crippen molar-refractivity contribution < 1.29 is 17.9 Å². The number of hydrogen-bond donors (Lipinski definition) is 1. The number of aryl methyl sites for hydroxylation is 1. The summed E-state index contributed by atoms with van der Waals surface area (Å²) in [5, 5.41) is 6.89. The van der Waals surface area contributed by atoms with Gasteiger partial charge in [0.25, 0.3) is 15.9 Å². The van der Waals surface area contributed by atoms with Gasteiger partial charge in [0, 0.05) is 31.7 Å². The number of carbonyl (C=O) groups excluding carboxylic acids is 1. The molecule has 2 heterocycles. The number of hydrogen-bond acceptors (Lipinski definition) is 5. The number of amides is 1. The van der Waals surface area contributed by atoms with Crippen LogP contribution in [0, 0.1) is 0 Å². The predicted octanol–water partition coefficient (Wildman–Crippen LogP) is 2.05. The molecule has 1 aromatic carbocycles. The molecule has 1 amide bonds. The van der Waals surface area contributed by atoms with Gasteiger partial charge in [-0.3, -0.25) is 9.48 Å². The summed E-state index contributed by atoms with van der Waals surface area (Å²) in [5.74, 6) is 0.0384. The van der Waals surface area contributed by atoms with Crippen LogP contribution in [0.4, 0.5) is 0 Å². The quantitative estimate of drug-likeness (QED) is 0.673. The van der Waals surface area contributed by atoms with Crippen molar-refractivity contribution in [3.05, 3.63) is 65.2 Å². The van der Waals surface area contributed by atoms with Crippen molar-refractivity contribution in [3.63, 3.8) is 0 Å². The SMILES string of the molecule is COc1ccc(S(=O)(=O)n2ccc(C(=O)NCc3ccn(C)n3)c2)c(Cl)c1. The van der Waals surface area contributed by atoms with E-state index in [0.29, 0.717) is 11.4 Å². The first-order valence-corrected chi connectivity index (χ1v) is 9.67. The summed E-state index contributed by atoms with van der Waals surface area (Å²) in [5.41, 5.74) is 0.905. The molecule has 0 atom stereocenters. The third kappa shape index (κ3) is 3.99. The average Bonchev–Trinajstić information content (AvgIpc) is 3.29. The lowest BCUT2D eigenvalue weighted by atomic mass is 10.3. The van der Waals surface area contributed by atoms with Crippen molar-refractivity contribution >= 4 is 27.5 Å². The highest BCUT2D eigenvalue weighted by molar-refractivity contribution is 7.90. The first-order chi connectivity index (χ1) is 12.8. The summed E-state index contributed by atoms with van der Waals surface area (Å²) < 4.78 is 33.1. The number of nitrogens with one attached hydrogen (secondary N) is 1. The molecule has 0 radical (unpaired) electrons. The topological polar surface area (TPSA) is 95.2 Å². The Bertz CT molecular complexity index is 1090. The zero-order chi connectivity index (χ0) is 19.6. The molecular weight excluding hydrogens is 392 g/mol. The van der Waals surface area contributed by atoms with Crippen LogP contribution in [0.15, 0.2) is 53.8 Å². The second kappa shape index (κ2) is 7.45. The van der Waals surface area contributed by atoms with E-state index in [2.05, 4.69) is 10.4 Å². The number of benzene rings is 1. The molecule has 2 aromatic heterocycles. The number of aromatic nitrogens is 3. The smallest absolute Gasteiger partial charge is 0.269 e. The predicted molar refractivity (Wildman–Crippen MR) is 99.4 cm³/mol. The molecule has 3 aromatic rings. The Morgan fingerprint density at radius 1 is 1.26 bits per heavy atom. The first kappa shape index (κ1) is 19.0. The van der Waals surface area contributed by atoms with Gasteiger partial charge >= 0.3 is 0 Å². The number of ether oxygens (including phenoxy) is 1. The third-order valence-corrected chi connectivity index (χ3v) is 5.94.